The zero-order chi connectivity index (χ0) is 24.2. The topological polar surface area (TPSA) is 91.9 Å². The largest absolute Gasteiger partial charge is 0.495 e. The molecule has 0 aliphatic heterocycles. The Hall–Kier alpha value is -4.20. The normalized spacial score (nSPS) is 10.2. The maximum Gasteiger partial charge on any atom is 0.326 e. The van der Waals surface area contributed by atoms with E-state index in [1.165, 1.54) is 0 Å². The quantitative estimate of drug-likeness (QED) is 0.355. The second-order valence-corrected chi connectivity index (χ2v) is 7.31. The number of para-hydroxylation sites is 3. The molecule has 0 unspecified atom stereocenters. The number of hydrogen-bond acceptors (Lipinski definition) is 4. The van der Waals surface area contributed by atoms with Gasteiger partial charge < -0.3 is 25.4 Å². The van der Waals surface area contributed by atoms with Crippen molar-refractivity contribution in [3.8, 4) is 11.5 Å². The van der Waals surface area contributed by atoms with E-state index in [1.807, 2.05) is 49.4 Å². The molecule has 0 fully saturated rings. The third-order valence-electron chi connectivity index (χ3n) is 4.93. The lowest BCUT2D eigenvalue weighted by Gasteiger charge is -2.24. The van der Waals surface area contributed by atoms with Crippen LogP contribution in [0.4, 0.5) is 26.7 Å². The lowest BCUT2D eigenvalue weighted by atomic mass is 10.2. The van der Waals surface area contributed by atoms with E-state index in [2.05, 4.69) is 16.0 Å². The van der Waals surface area contributed by atoms with Gasteiger partial charge in [0.2, 0.25) is 0 Å². The summed E-state index contributed by atoms with van der Waals surface area (Å²) in [6, 6.07) is 23.2. The fraction of sp³-hybridized carbons (Fsp3) is 0.231. The van der Waals surface area contributed by atoms with Gasteiger partial charge in [-0.05, 0) is 61.9 Å². The molecule has 3 rings (SSSR count). The molecule has 0 saturated carbocycles. The molecule has 0 saturated heterocycles. The molecule has 0 radical (unpaired) electrons. The van der Waals surface area contributed by atoms with E-state index < -0.39 is 0 Å². The molecule has 0 heterocycles. The number of carbonyl (C=O) groups is 2. The number of methoxy groups -OCH3 is 1. The van der Waals surface area contributed by atoms with Crippen LogP contribution in [0.25, 0.3) is 0 Å². The molecule has 3 aromatic carbocycles. The summed E-state index contributed by atoms with van der Waals surface area (Å²) in [5.41, 5.74) is 2.01. The van der Waals surface area contributed by atoms with Crippen molar-refractivity contribution in [2.75, 3.05) is 42.3 Å². The summed E-state index contributed by atoms with van der Waals surface area (Å²) < 4.78 is 10.7. The Kier molecular flexibility index (Phi) is 9.16. The van der Waals surface area contributed by atoms with Gasteiger partial charge >= 0.3 is 12.1 Å². The first kappa shape index (κ1) is 24.4. The summed E-state index contributed by atoms with van der Waals surface area (Å²) >= 11 is 0. The Bertz CT molecular complexity index is 1060. The number of carbonyl (C=O) groups excluding carboxylic acids is 2. The lowest BCUT2D eigenvalue weighted by Crippen LogP contribution is -2.38. The van der Waals surface area contributed by atoms with Crippen molar-refractivity contribution >= 4 is 29.1 Å². The minimum Gasteiger partial charge on any atom is -0.495 e. The highest BCUT2D eigenvalue weighted by molar-refractivity contribution is 6.02. The van der Waals surface area contributed by atoms with Gasteiger partial charge in [0.15, 0.2) is 0 Å². The Labute approximate surface area is 199 Å². The molecule has 0 spiro atoms. The number of rotatable bonds is 10. The Morgan fingerprint density at radius 3 is 2.29 bits per heavy atom. The van der Waals surface area contributed by atoms with E-state index in [4.69, 9.17) is 9.47 Å². The predicted octanol–water partition coefficient (Wildman–Crippen LogP) is 5.34. The van der Waals surface area contributed by atoms with Crippen LogP contribution in [0.15, 0.2) is 78.9 Å². The van der Waals surface area contributed by atoms with Gasteiger partial charge in [-0.2, -0.15) is 0 Å². The second-order valence-electron chi connectivity index (χ2n) is 7.31. The van der Waals surface area contributed by atoms with Crippen molar-refractivity contribution in [2.24, 2.45) is 0 Å². The van der Waals surface area contributed by atoms with Crippen LogP contribution in [0, 0.1) is 0 Å². The smallest absolute Gasteiger partial charge is 0.326 e. The predicted molar refractivity (Wildman–Crippen MR) is 135 cm³/mol. The van der Waals surface area contributed by atoms with Crippen molar-refractivity contribution in [1.29, 1.82) is 0 Å². The van der Waals surface area contributed by atoms with E-state index in [-0.39, 0.29) is 12.1 Å². The zero-order valence-corrected chi connectivity index (χ0v) is 19.4. The molecule has 34 heavy (non-hydrogen) atoms. The van der Waals surface area contributed by atoms with Crippen molar-refractivity contribution in [3.63, 3.8) is 0 Å². The van der Waals surface area contributed by atoms with Gasteiger partial charge in [-0.3, -0.25) is 4.90 Å². The van der Waals surface area contributed by atoms with Crippen molar-refractivity contribution < 1.29 is 19.1 Å². The molecule has 0 aliphatic carbocycles. The number of benzene rings is 3. The van der Waals surface area contributed by atoms with E-state index >= 15 is 0 Å². The van der Waals surface area contributed by atoms with E-state index in [0.29, 0.717) is 43.2 Å². The maximum atomic E-state index is 13.1. The summed E-state index contributed by atoms with van der Waals surface area (Å²) in [6.07, 6.45) is 0.560. The number of ether oxygens (including phenoxy) is 2. The van der Waals surface area contributed by atoms with Crippen LogP contribution in [-0.2, 0) is 0 Å². The molecule has 0 aliphatic rings. The highest BCUT2D eigenvalue weighted by atomic mass is 16.5. The Morgan fingerprint density at radius 1 is 0.882 bits per heavy atom. The number of nitrogens with one attached hydrogen (secondary N) is 3. The van der Waals surface area contributed by atoms with Crippen LogP contribution in [0.5, 0.6) is 11.5 Å². The number of urea groups is 2. The van der Waals surface area contributed by atoms with Crippen molar-refractivity contribution in [2.45, 2.75) is 13.3 Å². The van der Waals surface area contributed by atoms with Crippen LogP contribution in [0.2, 0.25) is 0 Å². The second kappa shape index (κ2) is 12.7. The highest BCUT2D eigenvalue weighted by Gasteiger charge is 2.17. The Balaban J connectivity index is 1.54. The number of anilines is 3. The van der Waals surface area contributed by atoms with Crippen LogP contribution in [-0.4, -0.2) is 38.9 Å². The van der Waals surface area contributed by atoms with Crippen LogP contribution >= 0.6 is 0 Å². The molecule has 178 valence electrons. The summed E-state index contributed by atoms with van der Waals surface area (Å²) in [4.78, 5) is 26.9. The molecule has 4 amide bonds. The van der Waals surface area contributed by atoms with Gasteiger partial charge in [-0.1, -0.05) is 30.3 Å². The van der Waals surface area contributed by atoms with Crippen LogP contribution in [0.3, 0.4) is 0 Å². The fourth-order valence-corrected chi connectivity index (χ4v) is 3.30. The summed E-state index contributed by atoms with van der Waals surface area (Å²) in [6.45, 7) is 3.31. The third kappa shape index (κ3) is 7.16. The molecule has 0 bridgehead atoms. The van der Waals surface area contributed by atoms with Gasteiger partial charge in [0.25, 0.3) is 0 Å². The zero-order valence-electron chi connectivity index (χ0n) is 19.4. The average Bonchev–Trinajstić information content (AvgIpc) is 2.86. The summed E-state index contributed by atoms with van der Waals surface area (Å²) in [5.74, 6) is 1.33. The molecule has 8 nitrogen and oxygen atoms in total. The number of hydrogen-bond donors (Lipinski definition) is 3. The van der Waals surface area contributed by atoms with Crippen LogP contribution in [0.1, 0.15) is 13.3 Å². The molecule has 3 N–H and O–H groups in total. The SMILES string of the molecule is CCOc1ccc(NC(=O)NCCCN(C(=O)Nc2ccccc2OC)c2ccccc2)cc1. The third-order valence-corrected chi connectivity index (χ3v) is 4.93. The molecule has 0 aromatic heterocycles. The summed E-state index contributed by atoms with van der Waals surface area (Å²) in [7, 11) is 1.56. The van der Waals surface area contributed by atoms with Gasteiger partial charge in [0.1, 0.15) is 11.5 Å². The first-order chi connectivity index (χ1) is 16.6. The highest BCUT2D eigenvalue weighted by Crippen LogP contribution is 2.24. The lowest BCUT2D eigenvalue weighted by molar-refractivity contribution is 0.252. The molecular formula is C26H30N4O4. The van der Waals surface area contributed by atoms with E-state index in [1.54, 1.807) is 48.4 Å². The monoisotopic (exact) mass is 462 g/mol. The Morgan fingerprint density at radius 2 is 1.59 bits per heavy atom. The van der Waals surface area contributed by atoms with Crippen molar-refractivity contribution in [3.05, 3.63) is 78.9 Å². The summed E-state index contributed by atoms with van der Waals surface area (Å²) in [5, 5.41) is 8.52. The van der Waals surface area contributed by atoms with Gasteiger partial charge in [0, 0.05) is 24.5 Å². The molecule has 0 atom stereocenters. The fourth-order valence-electron chi connectivity index (χ4n) is 3.30. The van der Waals surface area contributed by atoms with Crippen LogP contribution < -0.4 is 30.3 Å². The minimum absolute atomic E-state index is 0.283. The number of amides is 4. The van der Waals surface area contributed by atoms with E-state index in [0.717, 1.165) is 11.4 Å². The molecule has 3 aromatic rings. The molecule has 8 heteroatoms. The maximum absolute atomic E-state index is 13.1. The average molecular weight is 463 g/mol. The van der Waals surface area contributed by atoms with Gasteiger partial charge in [-0.25, -0.2) is 9.59 Å². The van der Waals surface area contributed by atoms with Crippen molar-refractivity contribution in [1.82, 2.24) is 5.32 Å². The first-order valence-corrected chi connectivity index (χ1v) is 11.1. The van der Waals surface area contributed by atoms with E-state index in [9.17, 15) is 9.59 Å². The minimum atomic E-state index is -0.311. The molecular weight excluding hydrogens is 432 g/mol. The number of nitrogens with zero attached hydrogens (tertiary/aromatic N) is 1. The van der Waals surface area contributed by atoms with Gasteiger partial charge in [0.05, 0.1) is 19.4 Å². The standard InChI is InChI=1S/C26H30N4O4/c1-3-34-22-16-14-20(15-17-22)28-25(31)27-18-9-19-30(21-10-5-4-6-11-21)26(32)29-23-12-7-8-13-24(23)33-2/h4-8,10-17H,3,9,18-19H2,1-2H3,(H,29,32)(H2,27,28,31). The van der Waals surface area contributed by atoms with Gasteiger partial charge in [-0.15, -0.1) is 0 Å². The first-order valence-electron chi connectivity index (χ1n) is 11.1.